The molecular weight excluding hydrogens is 464 g/mol. The molecule has 3 aliphatic rings. The molecule has 2 aromatic rings. The number of amides is 1. The lowest BCUT2D eigenvalue weighted by atomic mass is 9.93. The number of rotatable bonds is 10. The monoisotopic (exact) mass is 492 g/mol. The molecule has 9 nitrogen and oxygen atoms in total. The highest BCUT2D eigenvalue weighted by molar-refractivity contribution is 7.90. The number of carbonyl (C=O) groups excluding carboxylic acids is 1. The van der Waals surface area contributed by atoms with E-state index in [0.717, 1.165) is 30.6 Å². The molecule has 1 aromatic carbocycles. The Bertz CT molecular complexity index is 1270. The maximum absolute atomic E-state index is 13.3. The Morgan fingerprint density at radius 1 is 1.06 bits per heavy atom. The third-order valence-corrected chi connectivity index (χ3v) is 9.41. The number of fused-ring (bicyclic) bond motifs is 1. The van der Waals surface area contributed by atoms with Crippen molar-refractivity contribution in [2.75, 3.05) is 29.0 Å². The second-order valence-electron chi connectivity index (χ2n) is 9.24. The van der Waals surface area contributed by atoms with Crippen molar-refractivity contribution in [1.29, 1.82) is 0 Å². The van der Waals surface area contributed by atoms with Gasteiger partial charge in [-0.15, -0.1) is 11.3 Å². The molecule has 2 fully saturated rings. The summed E-state index contributed by atoms with van der Waals surface area (Å²) >= 11 is 1.34. The van der Waals surface area contributed by atoms with E-state index in [0.29, 0.717) is 54.5 Å². The third kappa shape index (κ3) is 4.45. The maximum Gasteiger partial charge on any atom is 0.253 e. The number of carbonyl (C=O) groups is 1. The van der Waals surface area contributed by atoms with Crippen LogP contribution in [0.15, 0.2) is 14.5 Å². The summed E-state index contributed by atoms with van der Waals surface area (Å²) in [6, 6.07) is -0.183. The van der Waals surface area contributed by atoms with Gasteiger partial charge in [0.05, 0.1) is 0 Å². The predicted octanol–water partition coefficient (Wildman–Crippen LogP) is 1.78. The first-order chi connectivity index (χ1) is 15.8. The molecule has 4 N–H and O–H groups in total. The Morgan fingerprint density at radius 3 is 2.45 bits per heavy atom. The van der Waals surface area contributed by atoms with E-state index < -0.39 is 20.9 Å². The van der Waals surface area contributed by atoms with Gasteiger partial charge in [-0.2, -0.15) is 0 Å². The molecule has 0 bridgehead atoms. The number of hydrogen-bond acceptors (Lipinski definition) is 8. The molecule has 0 radical (unpaired) electrons. The van der Waals surface area contributed by atoms with Crippen molar-refractivity contribution >= 4 is 43.6 Å². The Labute approximate surface area is 196 Å². The molecule has 11 heteroatoms. The Kier molecular flexibility index (Phi) is 5.82. The van der Waals surface area contributed by atoms with Gasteiger partial charge < -0.3 is 16.0 Å². The second kappa shape index (κ2) is 8.52. The molecule has 0 spiro atoms. The van der Waals surface area contributed by atoms with Gasteiger partial charge >= 0.3 is 0 Å². The predicted molar refractivity (Wildman–Crippen MR) is 129 cm³/mol. The van der Waals surface area contributed by atoms with E-state index in [-0.39, 0.29) is 28.4 Å². The van der Waals surface area contributed by atoms with Crippen molar-refractivity contribution in [2.24, 2.45) is 11.8 Å². The maximum atomic E-state index is 13.3. The lowest BCUT2D eigenvalue weighted by Gasteiger charge is -2.26. The van der Waals surface area contributed by atoms with Crippen LogP contribution in [0.4, 0.5) is 16.4 Å². The summed E-state index contributed by atoms with van der Waals surface area (Å²) in [5, 5.41) is 9.37. The van der Waals surface area contributed by atoms with Gasteiger partial charge in [0.25, 0.3) is 10.9 Å². The first-order valence-corrected chi connectivity index (χ1v) is 13.9. The highest BCUT2D eigenvalue weighted by atomic mass is 32.2. The van der Waals surface area contributed by atoms with E-state index >= 15 is 0 Å². The van der Waals surface area contributed by atoms with Crippen LogP contribution in [0.2, 0.25) is 0 Å². The molecule has 178 valence electrons. The van der Waals surface area contributed by atoms with Crippen LogP contribution in [0.5, 0.6) is 0 Å². The fourth-order valence-electron chi connectivity index (χ4n) is 4.31. The number of anilines is 3. The summed E-state index contributed by atoms with van der Waals surface area (Å²) in [5.41, 5.74) is 0.211. The van der Waals surface area contributed by atoms with Crippen LogP contribution in [0.25, 0.3) is 0 Å². The third-order valence-electron chi connectivity index (χ3n) is 6.54. The molecule has 1 aromatic heterocycles. The second-order valence-corrected chi connectivity index (χ2v) is 12.1. The molecule has 33 heavy (non-hydrogen) atoms. The summed E-state index contributed by atoms with van der Waals surface area (Å²) < 4.78 is 29.4. The minimum Gasteiger partial charge on any atom is -0.380 e. The fourth-order valence-corrected chi connectivity index (χ4v) is 7.39. The van der Waals surface area contributed by atoms with E-state index in [1.165, 1.54) is 11.3 Å². The first kappa shape index (κ1) is 22.5. The normalized spacial score (nSPS) is 20.5. The molecule has 0 aliphatic heterocycles. The van der Waals surface area contributed by atoms with Crippen molar-refractivity contribution in [3.8, 4) is 0 Å². The van der Waals surface area contributed by atoms with E-state index in [2.05, 4.69) is 20.7 Å². The van der Waals surface area contributed by atoms with Gasteiger partial charge in [0.2, 0.25) is 15.9 Å². The highest BCUT2D eigenvalue weighted by Gasteiger charge is 2.37. The summed E-state index contributed by atoms with van der Waals surface area (Å²) in [7, 11) is -3.80. The molecule has 0 saturated heterocycles. The number of hydrogen-bond donors (Lipinski definition) is 4. The number of sulfonamides is 1. The van der Waals surface area contributed by atoms with Gasteiger partial charge in [-0.25, -0.2) is 13.1 Å². The zero-order valence-corrected chi connectivity index (χ0v) is 20.1. The average Bonchev–Trinajstić information content (AvgIpc) is 3.70. The smallest absolute Gasteiger partial charge is 0.253 e. The Balaban J connectivity index is 1.43. The largest absolute Gasteiger partial charge is 0.380 e. The van der Waals surface area contributed by atoms with Crippen molar-refractivity contribution in [1.82, 2.24) is 4.72 Å². The molecule has 1 unspecified atom stereocenters. The average molecular weight is 493 g/mol. The molecule has 5 rings (SSSR count). The van der Waals surface area contributed by atoms with Crippen LogP contribution in [-0.2, 0) is 27.7 Å². The first-order valence-electron chi connectivity index (χ1n) is 11.6. The van der Waals surface area contributed by atoms with E-state index in [4.69, 9.17) is 0 Å². The molecule has 1 heterocycles. The Hall–Kier alpha value is -2.24. The van der Waals surface area contributed by atoms with E-state index in [9.17, 15) is 22.8 Å². The van der Waals surface area contributed by atoms with Crippen LogP contribution < -0.4 is 31.5 Å². The van der Waals surface area contributed by atoms with Crippen LogP contribution in [0, 0.1) is 11.8 Å². The summed E-state index contributed by atoms with van der Waals surface area (Å²) in [4.78, 5) is 37.5. The van der Waals surface area contributed by atoms with Gasteiger partial charge in [-0.3, -0.25) is 14.4 Å². The van der Waals surface area contributed by atoms with Crippen LogP contribution in [-0.4, -0.2) is 33.5 Å². The zero-order chi connectivity index (χ0) is 23.3. The quantitative estimate of drug-likeness (QED) is 0.372. The highest BCUT2D eigenvalue weighted by Crippen LogP contribution is 2.43. The minimum absolute atomic E-state index is 0.0351. The van der Waals surface area contributed by atoms with Crippen LogP contribution in [0.3, 0.4) is 0 Å². The summed E-state index contributed by atoms with van der Waals surface area (Å²) in [6.45, 7) is 2.78. The number of nitrogens with one attached hydrogen (secondary N) is 4. The van der Waals surface area contributed by atoms with Gasteiger partial charge in [0, 0.05) is 29.9 Å². The summed E-state index contributed by atoms with van der Waals surface area (Å²) in [5.74, 6) is 0.222. The minimum atomic E-state index is -3.80. The molecule has 2 saturated carbocycles. The molecular formula is C22H28N4O5S2. The van der Waals surface area contributed by atoms with Crippen molar-refractivity contribution < 1.29 is 13.2 Å². The zero-order valence-electron chi connectivity index (χ0n) is 18.5. The number of thiophene rings is 1. The topological polar surface area (TPSA) is 133 Å². The molecule has 1 amide bonds. The van der Waals surface area contributed by atoms with Crippen molar-refractivity contribution in [2.45, 2.75) is 62.8 Å². The van der Waals surface area contributed by atoms with Crippen molar-refractivity contribution in [3.63, 3.8) is 0 Å². The lowest BCUT2D eigenvalue weighted by Crippen LogP contribution is -2.41. The van der Waals surface area contributed by atoms with Gasteiger partial charge in [-0.05, 0) is 63.4 Å². The van der Waals surface area contributed by atoms with Crippen LogP contribution >= 0.6 is 11.3 Å². The van der Waals surface area contributed by atoms with E-state index in [1.807, 2.05) is 6.92 Å². The SMILES string of the molecule is CCNc1c(NC2CCc3sc(NC(=O)C4CC4)c(S(=O)(=O)NCC4CC4)c3C2)c(=O)c1=O. The Morgan fingerprint density at radius 2 is 1.79 bits per heavy atom. The fraction of sp³-hybridized carbons (Fsp3) is 0.591. The van der Waals surface area contributed by atoms with Crippen LogP contribution in [0.1, 0.15) is 49.5 Å². The lowest BCUT2D eigenvalue weighted by molar-refractivity contribution is -0.117. The number of aryl methyl sites for hydroxylation is 1. The van der Waals surface area contributed by atoms with Gasteiger partial charge in [-0.1, -0.05) is 0 Å². The van der Waals surface area contributed by atoms with E-state index in [1.54, 1.807) is 0 Å². The summed E-state index contributed by atoms with van der Waals surface area (Å²) in [6.07, 6.45) is 5.45. The van der Waals surface area contributed by atoms with Gasteiger partial charge in [0.1, 0.15) is 21.3 Å². The standard InChI is InChI=1S/C22H28N4O5S2/c1-2-23-16-17(19(28)18(16)27)25-13-7-8-15-14(9-13)20(33(30,31)24-10-11-3-4-11)22(32-15)26-21(29)12-5-6-12/h11-13,23-25H,2-10H2,1H3,(H,26,29). The van der Waals surface area contributed by atoms with Crippen molar-refractivity contribution in [3.05, 3.63) is 30.9 Å². The molecule has 3 aliphatic carbocycles. The van der Waals surface area contributed by atoms with Gasteiger partial charge in [0.15, 0.2) is 0 Å². The molecule has 1 atom stereocenters.